The van der Waals surface area contributed by atoms with Gasteiger partial charge in [-0.25, -0.2) is 17.5 Å². The Balaban J connectivity index is 0.00000420. The molecule has 2 aliphatic rings. The van der Waals surface area contributed by atoms with Crippen LogP contribution < -0.4 is 10.6 Å². The van der Waals surface area contributed by atoms with Crippen LogP contribution in [-0.4, -0.2) is 86.8 Å². The van der Waals surface area contributed by atoms with Gasteiger partial charge in [-0.3, -0.25) is 4.99 Å². The van der Waals surface area contributed by atoms with E-state index in [2.05, 4.69) is 15.6 Å². The highest BCUT2D eigenvalue weighted by molar-refractivity contribution is 14.0. The van der Waals surface area contributed by atoms with Crippen molar-refractivity contribution in [3.8, 4) is 0 Å². The number of ether oxygens (including phenoxy) is 1. The SMILES string of the molecule is CCNC(=NCC1CCN(S(C)(=O)=O)CC1)NC1CN(C(=O)OC(C)(C)C)C1.I. The predicted octanol–water partition coefficient (Wildman–Crippen LogP) is 1.45. The number of piperidine rings is 1. The molecular formula is C18H36IN5O4S. The summed E-state index contributed by atoms with van der Waals surface area (Å²) in [5, 5.41) is 6.59. The van der Waals surface area contributed by atoms with Crippen molar-refractivity contribution in [1.82, 2.24) is 19.8 Å². The minimum absolute atomic E-state index is 0. The maximum Gasteiger partial charge on any atom is 0.410 e. The third-order valence-electron chi connectivity index (χ3n) is 4.77. The van der Waals surface area contributed by atoms with E-state index in [4.69, 9.17) is 4.74 Å². The van der Waals surface area contributed by atoms with Crippen molar-refractivity contribution in [2.24, 2.45) is 10.9 Å². The lowest BCUT2D eigenvalue weighted by Crippen LogP contribution is -2.63. The van der Waals surface area contributed by atoms with E-state index in [1.54, 1.807) is 4.90 Å². The zero-order chi connectivity index (χ0) is 20.9. The van der Waals surface area contributed by atoms with Crippen molar-refractivity contribution < 1.29 is 17.9 Å². The Morgan fingerprint density at radius 1 is 1.21 bits per heavy atom. The molecule has 0 aromatic heterocycles. The number of nitrogens with zero attached hydrogens (tertiary/aromatic N) is 3. The normalized spacial score (nSPS) is 19.9. The van der Waals surface area contributed by atoms with E-state index in [1.807, 2.05) is 27.7 Å². The molecule has 0 unspecified atom stereocenters. The van der Waals surface area contributed by atoms with Gasteiger partial charge in [0, 0.05) is 39.3 Å². The van der Waals surface area contributed by atoms with Crippen molar-refractivity contribution in [2.75, 3.05) is 45.5 Å². The molecule has 170 valence electrons. The summed E-state index contributed by atoms with van der Waals surface area (Å²) >= 11 is 0. The molecule has 0 spiro atoms. The molecule has 0 saturated carbocycles. The van der Waals surface area contributed by atoms with Crippen molar-refractivity contribution in [2.45, 2.75) is 52.2 Å². The molecule has 2 aliphatic heterocycles. The van der Waals surface area contributed by atoms with Crippen LogP contribution in [0.3, 0.4) is 0 Å². The fraction of sp³-hybridized carbons (Fsp3) is 0.889. The summed E-state index contributed by atoms with van der Waals surface area (Å²) in [5.74, 6) is 1.12. The predicted molar refractivity (Wildman–Crippen MR) is 125 cm³/mol. The number of nitrogens with one attached hydrogen (secondary N) is 2. The van der Waals surface area contributed by atoms with Crippen LogP contribution in [0.4, 0.5) is 4.79 Å². The largest absolute Gasteiger partial charge is 0.444 e. The van der Waals surface area contributed by atoms with Crippen LogP contribution in [0.2, 0.25) is 0 Å². The van der Waals surface area contributed by atoms with Gasteiger partial charge in [0.2, 0.25) is 10.0 Å². The van der Waals surface area contributed by atoms with Gasteiger partial charge in [0.1, 0.15) is 5.60 Å². The molecule has 2 rings (SSSR count). The van der Waals surface area contributed by atoms with Gasteiger partial charge < -0.3 is 20.3 Å². The first kappa shape index (κ1) is 26.2. The molecule has 0 bridgehead atoms. The van der Waals surface area contributed by atoms with E-state index in [1.165, 1.54) is 10.6 Å². The van der Waals surface area contributed by atoms with Gasteiger partial charge >= 0.3 is 6.09 Å². The number of hydrogen-bond acceptors (Lipinski definition) is 5. The van der Waals surface area contributed by atoms with E-state index < -0.39 is 15.6 Å². The van der Waals surface area contributed by atoms with Gasteiger partial charge in [-0.1, -0.05) is 0 Å². The zero-order valence-electron chi connectivity index (χ0n) is 18.1. The number of carbonyl (C=O) groups excluding carboxylic acids is 1. The molecule has 0 aromatic rings. The number of carbonyl (C=O) groups is 1. The van der Waals surface area contributed by atoms with Crippen LogP contribution in [0.5, 0.6) is 0 Å². The Hall–Kier alpha value is -0.820. The maximum absolute atomic E-state index is 12.0. The van der Waals surface area contributed by atoms with Gasteiger partial charge in [-0.15, -0.1) is 24.0 Å². The van der Waals surface area contributed by atoms with Crippen LogP contribution in [0.15, 0.2) is 4.99 Å². The summed E-state index contributed by atoms with van der Waals surface area (Å²) in [6.07, 6.45) is 2.63. The quantitative estimate of drug-likeness (QED) is 0.308. The van der Waals surface area contributed by atoms with Gasteiger partial charge in [-0.2, -0.15) is 0 Å². The van der Waals surface area contributed by atoms with Crippen LogP contribution in [-0.2, 0) is 14.8 Å². The highest BCUT2D eigenvalue weighted by atomic mass is 127. The number of aliphatic imine (C=N–C) groups is 1. The smallest absolute Gasteiger partial charge is 0.410 e. The first-order chi connectivity index (χ1) is 13.0. The first-order valence-corrected chi connectivity index (χ1v) is 11.8. The Morgan fingerprint density at radius 3 is 2.28 bits per heavy atom. The number of halogens is 1. The first-order valence-electron chi connectivity index (χ1n) is 9.96. The van der Waals surface area contributed by atoms with E-state index in [0.29, 0.717) is 38.6 Å². The number of guanidine groups is 1. The number of sulfonamides is 1. The second kappa shape index (κ2) is 11.0. The zero-order valence-corrected chi connectivity index (χ0v) is 21.2. The average Bonchev–Trinajstić information content (AvgIpc) is 2.53. The Labute approximate surface area is 192 Å². The summed E-state index contributed by atoms with van der Waals surface area (Å²) in [6.45, 7) is 11.3. The van der Waals surface area contributed by atoms with E-state index in [-0.39, 0.29) is 36.1 Å². The monoisotopic (exact) mass is 545 g/mol. The van der Waals surface area contributed by atoms with Crippen molar-refractivity contribution in [3.63, 3.8) is 0 Å². The molecule has 2 saturated heterocycles. The molecule has 1 amide bonds. The molecule has 0 aliphatic carbocycles. The second-order valence-corrected chi connectivity index (χ2v) is 10.5. The van der Waals surface area contributed by atoms with Crippen LogP contribution in [0.25, 0.3) is 0 Å². The summed E-state index contributed by atoms with van der Waals surface area (Å²) in [5.41, 5.74) is -0.487. The topological polar surface area (TPSA) is 103 Å². The maximum atomic E-state index is 12.0. The summed E-state index contributed by atoms with van der Waals surface area (Å²) in [4.78, 5) is 18.4. The van der Waals surface area contributed by atoms with Gasteiger partial charge in [-0.05, 0) is 46.5 Å². The Kier molecular flexibility index (Phi) is 9.93. The van der Waals surface area contributed by atoms with Gasteiger partial charge in [0.25, 0.3) is 0 Å². The minimum Gasteiger partial charge on any atom is -0.444 e. The van der Waals surface area contributed by atoms with E-state index in [9.17, 15) is 13.2 Å². The fourth-order valence-electron chi connectivity index (χ4n) is 3.20. The van der Waals surface area contributed by atoms with Crippen molar-refractivity contribution in [3.05, 3.63) is 0 Å². The van der Waals surface area contributed by atoms with Gasteiger partial charge in [0.15, 0.2) is 5.96 Å². The number of rotatable bonds is 5. The third-order valence-corrected chi connectivity index (χ3v) is 6.07. The summed E-state index contributed by atoms with van der Waals surface area (Å²) in [6, 6.07) is 0.150. The lowest BCUT2D eigenvalue weighted by Gasteiger charge is -2.40. The van der Waals surface area contributed by atoms with Crippen molar-refractivity contribution in [1.29, 1.82) is 0 Å². The lowest BCUT2D eigenvalue weighted by atomic mass is 9.98. The molecule has 0 atom stereocenters. The summed E-state index contributed by atoms with van der Waals surface area (Å²) < 4.78 is 30.1. The second-order valence-electron chi connectivity index (χ2n) is 8.55. The molecule has 2 fully saturated rings. The molecule has 9 nitrogen and oxygen atoms in total. The summed E-state index contributed by atoms with van der Waals surface area (Å²) in [7, 11) is -3.09. The Bertz CT molecular complexity index is 666. The highest BCUT2D eigenvalue weighted by Crippen LogP contribution is 2.19. The lowest BCUT2D eigenvalue weighted by molar-refractivity contribution is 0.00700. The van der Waals surface area contributed by atoms with Crippen LogP contribution >= 0.6 is 24.0 Å². The van der Waals surface area contributed by atoms with Gasteiger partial charge in [0.05, 0.1) is 12.3 Å². The molecule has 2 heterocycles. The van der Waals surface area contributed by atoms with E-state index in [0.717, 1.165) is 25.3 Å². The minimum atomic E-state index is -3.09. The Morgan fingerprint density at radius 2 is 1.79 bits per heavy atom. The standard InChI is InChI=1S/C18H35N5O4S.HI/c1-6-19-16(20-11-14-7-9-23(10-8-14)28(5,25)26)21-15-12-22(13-15)17(24)27-18(2,3)4;/h14-15H,6-13H2,1-5H3,(H2,19,20,21);1H. The molecule has 2 N–H and O–H groups in total. The number of hydrogen-bond donors (Lipinski definition) is 2. The third kappa shape index (κ3) is 8.83. The van der Waals surface area contributed by atoms with Crippen LogP contribution in [0.1, 0.15) is 40.5 Å². The molecular weight excluding hydrogens is 509 g/mol. The average molecular weight is 545 g/mol. The highest BCUT2D eigenvalue weighted by Gasteiger charge is 2.34. The molecule has 0 radical (unpaired) electrons. The van der Waals surface area contributed by atoms with Crippen LogP contribution in [0, 0.1) is 5.92 Å². The molecule has 29 heavy (non-hydrogen) atoms. The number of likely N-dealkylation sites (tertiary alicyclic amines) is 1. The van der Waals surface area contributed by atoms with Crippen molar-refractivity contribution >= 4 is 46.1 Å². The fourth-order valence-corrected chi connectivity index (χ4v) is 4.08. The van der Waals surface area contributed by atoms with E-state index >= 15 is 0 Å². The number of amides is 1. The molecule has 11 heteroatoms. The molecule has 0 aromatic carbocycles.